The first-order valence-corrected chi connectivity index (χ1v) is 7.49. The molecule has 0 aliphatic carbocycles. The highest BCUT2D eigenvalue weighted by Gasteiger charge is 2.09. The summed E-state index contributed by atoms with van der Waals surface area (Å²) in [6.07, 6.45) is 3.83. The van der Waals surface area contributed by atoms with Gasteiger partial charge in [0.05, 0.1) is 16.1 Å². The number of hydrogen-bond acceptors (Lipinski definition) is 3. The number of aryl methyl sites for hydroxylation is 1. The Labute approximate surface area is 123 Å². The van der Waals surface area contributed by atoms with Crippen LogP contribution in [0, 0.1) is 0 Å². The van der Waals surface area contributed by atoms with Crippen molar-refractivity contribution >= 4 is 23.4 Å². The lowest BCUT2D eigenvalue weighted by Crippen LogP contribution is -2.17. The Morgan fingerprint density at radius 3 is 2.84 bits per heavy atom. The molecule has 0 amide bonds. The molecule has 5 heteroatoms. The molecule has 0 spiro atoms. The highest BCUT2D eigenvalue weighted by Crippen LogP contribution is 2.34. The summed E-state index contributed by atoms with van der Waals surface area (Å²) >= 11 is 7.99. The van der Waals surface area contributed by atoms with Crippen molar-refractivity contribution in [2.45, 2.75) is 29.7 Å². The number of aromatic nitrogens is 2. The molecule has 1 atom stereocenters. The van der Waals surface area contributed by atoms with Crippen LogP contribution in [-0.4, -0.2) is 16.3 Å². The maximum absolute atomic E-state index is 6.35. The maximum atomic E-state index is 6.35. The van der Waals surface area contributed by atoms with E-state index in [1.54, 1.807) is 16.4 Å². The Hall–Kier alpha value is -0.970. The van der Waals surface area contributed by atoms with Crippen LogP contribution in [0.1, 0.15) is 25.5 Å². The minimum absolute atomic E-state index is 0.319. The van der Waals surface area contributed by atoms with Gasteiger partial charge >= 0.3 is 0 Å². The summed E-state index contributed by atoms with van der Waals surface area (Å²) in [5, 5.41) is 8.33. The van der Waals surface area contributed by atoms with Gasteiger partial charge in [0, 0.05) is 24.2 Å². The highest BCUT2D eigenvalue weighted by molar-refractivity contribution is 7.99. The molecule has 1 unspecified atom stereocenters. The summed E-state index contributed by atoms with van der Waals surface area (Å²) in [6.45, 7) is 5.19. The maximum Gasteiger partial charge on any atom is 0.0629 e. The lowest BCUT2D eigenvalue weighted by Gasteiger charge is -2.14. The third-order valence-corrected chi connectivity index (χ3v) is 4.32. The molecular formula is C14H18ClN3S. The Morgan fingerprint density at radius 2 is 2.26 bits per heavy atom. The fourth-order valence-corrected chi connectivity index (χ4v) is 3.03. The molecule has 0 saturated heterocycles. The van der Waals surface area contributed by atoms with Gasteiger partial charge in [-0.15, -0.1) is 0 Å². The molecule has 0 aliphatic heterocycles. The first-order valence-electron chi connectivity index (χ1n) is 6.29. The van der Waals surface area contributed by atoms with Crippen molar-refractivity contribution in [2.75, 3.05) is 6.54 Å². The Morgan fingerprint density at radius 1 is 1.47 bits per heavy atom. The van der Waals surface area contributed by atoms with Gasteiger partial charge in [-0.1, -0.05) is 36.4 Å². The molecule has 102 valence electrons. The van der Waals surface area contributed by atoms with Crippen LogP contribution in [0.3, 0.4) is 0 Å². The third kappa shape index (κ3) is 3.75. The van der Waals surface area contributed by atoms with E-state index in [1.807, 2.05) is 25.5 Å². The molecular weight excluding hydrogens is 278 g/mol. The van der Waals surface area contributed by atoms with E-state index in [0.717, 1.165) is 21.4 Å². The normalized spacial score (nSPS) is 12.6. The average Bonchev–Trinajstić information content (AvgIpc) is 2.78. The van der Waals surface area contributed by atoms with Crippen molar-refractivity contribution < 1.29 is 0 Å². The first-order chi connectivity index (χ1) is 9.10. The molecule has 3 nitrogen and oxygen atoms in total. The largest absolute Gasteiger partial charge is 0.310 e. The van der Waals surface area contributed by atoms with Crippen LogP contribution in [0.5, 0.6) is 0 Å². The molecule has 0 fully saturated rings. The zero-order valence-corrected chi connectivity index (χ0v) is 12.9. The van der Waals surface area contributed by atoms with Gasteiger partial charge in [0.15, 0.2) is 0 Å². The van der Waals surface area contributed by atoms with Crippen molar-refractivity contribution in [3.8, 4) is 0 Å². The summed E-state index contributed by atoms with van der Waals surface area (Å²) in [6, 6.07) is 6.55. The van der Waals surface area contributed by atoms with Crippen molar-refractivity contribution in [3.05, 3.63) is 41.2 Å². The van der Waals surface area contributed by atoms with Crippen LogP contribution >= 0.6 is 23.4 Å². The summed E-state index contributed by atoms with van der Waals surface area (Å²) in [4.78, 5) is 2.15. The zero-order valence-electron chi connectivity index (χ0n) is 11.4. The topological polar surface area (TPSA) is 29.9 Å². The van der Waals surface area contributed by atoms with Crippen LogP contribution in [-0.2, 0) is 7.05 Å². The predicted molar refractivity (Wildman–Crippen MR) is 80.9 cm³/mol. The number of hydrogen-bond donors (Lipinski definition) is 1. The van der Waals surface area contributed by atoms with E-state index in [0.29, 0.717) is 6.04 Å². The number of halogens is 1. The van der Waals surface area contributed by atoms with Gasteiger partial charge in [-0.05, 0) is 31.2 Å². The molecule has 1 aromatic carbocycles. The molecule has 1 N–H and O–H groups in total. The monoisotopic (exact) mass is 295 g/mol. The van der Waals surface area contributed by atoms with Crippen LogP contribution in [0.2, 0.25) is 5.02 Å². The van der Waals surface area contributed by atoms with Crippen molar-refractivity contribution in [3.63, 3.8) is 0 Å². The van der Waals surface area contributed by atoms with Crippen molar-refractivity contribution in [1.29, 1.82) is 0 Å². The smallest absolute Gasteiger partial charge is 0.0629 e. The van der Waals surface area contributed by atoms with Gasteiger partial charge in [0.25, 0.3) is 0 Å². The standard InChI is InChI=1S/C14H18ClN3S/c1-4-16-10(2)11-5-6-14(13(15)7-11)19-12-8-17-18(3)9-12/h5-10,16H,4H2,1-3H3. The van der Waals surface area contributed by atoms with Crippen LogP contribution in [0.25, 0.3) is 0 Å². The van der Waals surface area contributed by atoms with Gasteiger partial charge < -0.3 is 5.32 Å². The second kappa shape index (κ2) is 6.46. The van der Waals surface area contributed by atoms with Gasteiger partial charge in [-0.25, -0.2) is 0 Å². The molecule has 2 rings (SSSR count). The lowest BCUT2D eigenvalue weighted by molar-refractivity contribution is 0.598. The molecule has 0 bridgehead atoms. The Bertz CT molecular complexity index is 553. The van der Waals surface area contributed by atoms with E-state index in [4.69, 9.17) is 11.6 Å². The number of benzene rings is 1. The number of nitrogens with one attached hydrogen (secondary N) is 1. The van der Waals surface area contributed by atoms with Crippen LogP contribution in [0.4, 0.5) is 0 Å². The fourth-order valence-electron chi connectivity index (χ4n) is 1.87. The van der Waals surface area contributed by atoms with E-state index >= 15 is 0 Å². The van der Waals surface area contributed by atoms with E-state index in [-0.39, 0.29) is 0 Å². The third-order valence-electron chi connectivity index (χ3n) is 2.88. The highest BCUT2D eigenvalue weighted by atomic mass is 35.5. The zero-order chi connectivity index (χ0) is 13.8. The molecule has 0 saturated carbocycles. The van der Waals surface area contributed by atoms with Crippen molar-refractivity contribution in [1.82, 2.24) is 15.1 Å². The summed E-state index contributed by atoms with van der Waals surface area (Å²) in [5.41, 5.74) is 1.21. The summed E-state index contributed by atoms with van der Waals surface area (Å²) in [5.74, 6) is 0. The Balaban J connectivity index is 2.15. The number of rotatable bonds is 5. The second-order valence-corrected chi connectivity index (χ2v) is 5.94. The molecule has 19 heavy (non-hydrogen) atoms. The second-order valence-electron chi connectivity index (χ2n) is 4.42. The predicted octanol–water partition coefficient (Wildman–Crippen LogP) is 3.90. The van der Waals surface area contributed by atoms with Crippen LogP contribution in [0.15, 0.2) is 40.4 Å². The van der Waals surface area contributed by atoms with Crippen LogP contribution < -0.4 is 5.32 Å². The average molecular weight is 296 g/mol. The van der Waals surface area contributed by atoms with E-state index < -0.39 is 0 Å². The number of nitrogens with zero attached hydrogens (tertiary/aromatic N) is 2. The van der Waals surface area contributed by atoms with Gasteiger partial charge in [0.1, 0.15) is 0 Å². The molecule has 2 aromatic rings. The Kier molecular flexibility index (Phi) is 4.91. The quantitative estimate of drug-likeness (QED) is 0.907. The molecule has 0 radical (unpaired) electrons. The van der Waals surface area contributed by atoms with Gasteiger partial charge in [0.2, 0.25) is 0 Å². The molecule has 1 aromatic heterocycles. The summed E-state index contributed by atoms with van der Waals surface area (Å²) < 4.78 is 1.79. The lowest BCUT2D eigenvalue weighted by atomic mass is 10.1. The SMILES string of the molecule is CCNC(C)c1ccc(Sc2cnn(C)c2)c(Cl)c1. The van der Waals surface area contributed by atoms with Gasteiger partial charge in [-0.3, -0.25) is 4.68 Å². The van der Waals surface area contributed by atoms with E-state index in [9.17, 15) is 0 Å². The summed E-state index contributed by atoms with van der Waals surface area (Å²) in [7, 11) is 1.91. The minimum atomic E-state index is 0.319. The minimum Gasteiger partial charge on any atom is -0.310 e. The van der Waals surface area contributed by atoms with Gasteiger partial charge in [-0.2, -0.15) is 5.10 Å². The van der Waals surface area contributed by atoms with E-state index in [1.165, 1.54) is 5.56 Å². The fraction of sp³-hybridized carbons (Fsp3) is 0.357. The molecule has 1 heterocycles. The van der Waals surface area contributed by atoms with E-state index in [2.05, 4.69) is 36.4 Å². The van der Waals surface area contributed by atoms with Crippen molar-refractivity contribution in [2.24, 2.45) is 7.05 Å². The molecule has 0 aliphatic rings. The first kappa shape index (κ1) is 14.4.